The lowest BCUT2D eigenvalue weighted by atomic mass is 10.3. The second-order valence-corrected chi connectivity index (χ2v) is 4.46. The summed E-state index contributed by atoms with van der Waals surface area (Å²) in [6.45, 7) is 9.97. The Labute approximate surface area is 114 Å². The number of nitrogens with zero attached hydrogens (tertiary/aromatic N) is 3. The molecule has 1 heterocycles. The molecule has 0 atom stereocenters. The smallest absolute Gasteiger partial charge is 0.218 e. The van der Waals surface area contributed by atoms with Crippen LogP contribution in [0.1, 0.15) is 33.0 Å². The summed E-state index contributed by atoms with van der Waals surface area (Å²) >= 11 is 5.94. The van der Waals surface area contributed by atoms with Gasteiger partial charge >= 0.3 is 0 Å². The van der Waals surface area contributed by atoms with E-state index in [9.17, 15) is 0 Å². The van der Waals surface area contributed by atoms with Gasteiger partial charge in [-0.3, -0.25) is 0 Å². The topological polar surface area (TPSA) is 38.2 Å². The van der Waals surface area contributed by atoms with Crippen LogP contribution in [0, 0.1) is 0 Å². The minimum Gasteiger partial charge on any atom is -0.476 e. The van der Waals surface area contributed by atoms with Crippen LogP contribution in [-0.2, 0) is 6.42 Å². The summed E-state index contributed by atoms with van der Waals surface area (Å²) in [7, 11) is 0. The fraction of sp³-hybridized carbons (Fsp3) is 0.692. The summed E-state index contributed by atoms with van der Waals surface area (Å²) in [6.07, 6.45) is 1.83. The molecule has 0 aliphatic carbocycles. The van der Waals surface area contributed by atoms with Crippen LogP contribution in [0.5, 0.6) is 5.88 Å². The van der Waals surface area contributed by atoms with E-state index in [2.05, 4.69) is 35.6 Å². The molecule has 0 radical (unpaired) electrons. The Morgan fingerprint density at radius 1 is 1.22 bits per heavy atom. The highest BCUT2D eigenvalue weighted by atomic mass is 35.5. The summed E-state index contributed by atoms with van der Waals surface area (Å²) in [5.74, 6) is 1.33. The van der Waals surface area contributed by atoms with Crippen molar-refractivity contribution in [2.24, 2.45) is 0 Å². The van der Waals surface area contributed by atoms with E-state index < -0.39 is 0 Å². The van der Waals surface area contributed by atoms with Crippen LogP contribution in [0.2, 0.25) is 5.15 Å². The first-order chi connectivity index (χ1) is 8.69. The van der Waals surface area contributed by atoms with E-state index in [1.54, 1.807) is 6.07 Å². The maximum Gasteiger partial charge on any atom is 0.218 e. The summed E-state index contributed by atoms with van der Waals surface area (Å²) in [5.41, 5.74) is 0. The molecule has 0 unspecified atom stereocenters. The van der Waals surface area contributed by atoms with Gasteiger partial charge in [0.25, 0.3) is 0 Å². The molecule has 0 saturated heterocycles. The second-order valence-electron chi connectivity index (χ2n) is 4.07. The van der Waals surface area contributed by atoms with E-state index in [0.29, 0.717) is 17.6 Å². The van der Waals surface area contributed by atoms with Crippen molar-refractivity contribution in [2.45, 2.75) is 33.6 Å². The van der Waals surface area contributed by atoms with Gasteiger partial charge in [0.2, 0.25) is 5.88 Å². The predicted octanol–water partition coefficient (Wildman–Crippen LogP) is 2.80. The molecule has 0 aliphatic rings. The van der Waals surface area contributed by atoms with Crippen molar-refractivity contribution in [1.29, 1.82) is 0 Å². The van der Waals surface area contributed by atoms with Crippen molar-refractivity contribution in [1.82, 2.24) is 14.9 Å². The number of halogens is 1. The summed E-state index contributed by atoms with van der Waals surface area (Å²) < 4.78 is 5.63. The van der Waals surface area contributed by atoms with Crippen molar-refractivity contribution in [3.63, 3.8) is 0 Å². The van der Waals surface area contributed by atoms with Gasteiger partial charge in [-0.1, -0.05) is 32.4 Å². The molecular weight excluding hydrogens is 250 g/mol. The number of ether oxygens (including phenoxy) is 1. The quantitative estimate of drug-likeness (QED) is 0.682. The molecule has 102 valence electrons. The zero-order valence-electron chi connectivity index (χ0n) is 11.4. The Kier molecular flexibility index (Phi) is 6.98. The van der Waals surface area contributed by atoms with Gasteiger partial charge in [0.1, 0.15) is 17.6 Å². The first kappa shape index (κ1) is 15.2. The van der Waals surface area contributed by atoms with Crippen LogP contribution in [0.4, 0.5) is 0 Å². The highest BCUT2D eigenvalue weighted by Gasteiger charge is 2.05. The number of aromatic nitrogens is 2. The third kappa shape index (κ3) is 5.19. The van der Waals surface area contributed by atoms with Crippen LogP contribution in [0.25, 0.3) is 0 Å². The van der Waals surface area contributed by atoms with Gasteiger partial charge in [-0.25, -0.2) is 4.98 Å². The lowest BCUT2D eigenvalue weighted by molar-refractivity contribution is 0.217. The largest absolute Gasteiger partial charge is 0.476 e. The summed E-state index contributed by atoms with van der Waals surface area (Å²) in [4.78, 5) is 10.8. The number of likely N-dealkylation sites (N-methyl/N-ethyl adjacent to an activating group) is 1. The third-order valence-corrected chi connectivity index (χ3v) is 2.94. The monoisotopic (exact) mass is 271 g/mol. The lowest BCUT2D eigenvalue weighted by Gasteiger charge is -2.17. The SMILES string of the molecule is CCCc1nc(Cl)cc(OCCN(CC)CC)n1. The Morgan fingerprint density at radius 3 is 2.56 bits per heavy atom. The lowest BCUT2D eigenvalue weighted by Crippen LogP contribution is -2.28. The molecule has 4 nitrogen and oxygen atoms in total. The van der Waals surface area contributed by atoms with Gasteiger partial charge in [0, 0.05) is 19.0 Å². The molecule has 5 heteroatoms. The van der Waals surface area contributed by atoms with Crippen LogP contribution in [0.15, 0.2) is 6.07 Å². The molecule has 0 N–H and O–H groups in total. The Balaban J connectivity index is 2.51. The molecule has 0 bridgehead atoms. The van der Waals surface area contributed by atoms with Gasteiger partial charge in [-0.15, -0.1) is 0 Å². The van der Waals surface area contributed by atoms with Crippen molar-refractivity contribution in [2.75, 3.05) is 26.2 Å². The maximum atomic E-state index is 5.94. The molecule has 0 aliphatic heterocycles. The molecule has 0 saturated carbocycles. The zero-order valence-corrected chi connectivity index (χ0v) is 12.2. The number of hydrogen-bond donors (Lipinski definition) is 0. The van der Waals surface area contributed by atoms with Gasteiger partial charge in [0.15, 0.2) is 0 Å². The van der Waals surface area contributed by atoms with E-state index in [1.165, 1.54) is 0 Å². The molecule has 1 aromatic heterocycles. The molecular formula is C13H22ClN3O. The highest BCUT2D eigenvalue weighted by Crippen LogP contribution is 2.14. The Bertz CT molecular complexity index is 356. The van der Waals surface area contributed by atoms with E-state index in [1.807, 2.05) is 0 Å². The standard InChI is InChI=1S/C13H22ClN3O/c1-4-7-12-15-11(14)10-13(16-12)18-9-8-17(5-2)6-3/h10H,4-9H2,1-3H3. The Hall–Kier alpha value is -0.870. The van der Waals surface area contributed by atoms with Gasteiger partial charge < -0.3 is 9.64 Å². The number of rotatable bonds is 8. The fourth-order valence-corrected chi connectivity index (χ4v) is 1.86. The number of hydrogen-bond acceptors (Lipinski definition) is 4. The first-order valence-corrected chi connectivity index (χ1v) is 6.96. The van der Waals surface area contributed by atoms with Gasteiger partial charge in [0.05, 0.1) is 0 Å². The molecule has 0 spiro atoms. The van der Waals surface area contributed by atoms with E-state index in [0.717, 1.165) is 38.3 Å². The second kappa shape index (κ2) is 8.27. The molecule has 0 aromatic carbocycles. The number of aryl methyl sites for hydroxylation is 1. The van der Waals surface area contributed by atoms with Crippen molar-refractivity contribution >= 4 is 11.6 Å². The zero-order chi connectivity index (χ0) is 13.4. The van der Waals surface area contributed by atoms with Crippen LogP contribution >= 0.6 is 11.6 Å². The highest BCUT2D eigenvalue weighted by molar-refractivity contribution is 6.29. The van der Waals surface area contributed by atoms with Gasteiger partial charge in [-0.05, 0) is 19.5 Å². The summed E-state index contributed by atoms with van der Waals surface area (Å²) in [6, 6.07) is 1.67. The van der Waals surface area contributed by atoms with Crippen LogP contribution in [-0.4, -0.2) is 41.1 Å². The first-order valence-electron chi connectivity index (χ1n) is 6.58. The molecule has 0 amide bonds. The predicted molar refractivity (Wildman–Crippen MR) is 74.3 cm³/mol. The Morgan fingerprint density at radius 2 is 1.94 bits per heavy atom. The van der Waals surface area contributed by atoms with Crippen molar-refractivity contribution in [3.8, 4) is 5.88 Å². The van der Waals surface area contributed by atoms with Crippen LogP contribution in [0.3, 0.4) is 0 Å². The minimum absolute atomic E-state index is 0.450. The molecule has 18 heavy (non-hydrogen) atoms. The van der Waals surface area contributed by atoms with Crippen LogP contribution < -0.4 is 4.74 Å². The fourth-order valence-electron chi connectivity index (χ4n) is 1.67. The summed E-state index contributed by atoms with van der Waals surface area (Å²) in [5, 5.41) is 0.450. The normalized spacial score (nSPS) is 10.9. The van der Waals surface area contributed by atoms with Crippen molar-refractivity contribution in [3.05, 3.63) is 17.0 Å². The maximum absolute atomic E-state index is 5.94. The van der Waals surface area contributed by atoms with Crippen molar-refractivity contribution < 1.29 is 4.74 Å². The average Bonchev–Trinajstić information content (AvgIpc) is 2.34. The van der Waals surface area contributed by atoms with E-state index in [4.69, 9.17) is 16.3 Å². The minimum atomic E-state index is 0.450. The molecule has 1 rings (SSSR count). The van der Waals surface area contributed by atoms with E-state index in [-0.39, 0.29) is 0 Å². The van der Waals surface area contributed by atoms with Gasteiger partial charge in [-0.2, -0.15) is 4.98 Å². The third-order valence-electron chi connectivity index (χ3n) is 2.74. The molecule has 0 fully saturated rings. The van der Waals surface area contributed by atoms with E-state index >= 15 is 0 Å². The molecule has 1 aromatic rings. The average molecular weight is 272 g/mol.